The number of aromatic nitrogens is 4. The summed E-state index contributed by atoms with van der Waals surface area (Å²) in [6.07, 6.45) is 1.00. The number of rotatable bonds is 4. The van der Waals surface area contributed by atoms with Gasteiger partial charge in [0.2, 0.25) is 4.96 Å². The van der Waals surface area contributed by atoms with Crippen molar-refractivity contribution in [2.24, 2.45) is 0 Å². The van der Waals surface area contributed by atoms with Crippen LogP contribution in [0.4, 0.5) is 0 Å². The van der Waals surface area contributed by atoms with E-state index in [9.17, 15) is 0 Å². The van der Waals surface area contributed by atoms with Gasteiger partial charge >= 0.3 is 0 Å². The molecule has 0 radical (unpaired) electrons. The van der Waals surface area contributed by atoms with Gasteiger partial charge in [0.25, 0.3) is 0 Å². The van der Waals surface area contributed by atoms with Crippen molar-refractivity contribution < 1.29 is 0 Å². The Morgan fingerprint density at radius 3 is 2.74 bits per heavy atom. The molecule has 0 aliphatic heterocycles. The Bertz CT molecular complexity index is 669. The van der Waals surface area contributed by atoms with Crippen LogP contribution in [-0.2, 0) is 0 Å². The van der Waals surface area contributed by atoms with Crippen LogP contribution >= 0.6 is 11.3 Å². The maximum atomic E-state index is 4.64. The highest BCUT2D eigenvalue weighted by atomic mass is 32.1. The summed E-state index contributed by atoms with van der Waals surface area (Å²) in [5.41, 5.74) is 1.03. The van der Waals surface area contributed by atoms with Gasteiger partial charge in [-0.1, -0.05) is 48.6 Å². The van der Waals surface area contributed by atoms with E-state index in [2.05, 4.69) is 27.5 Å². The molecule has 0 fully saturated rings. The van der Waals surface area contributed by atoms with E-state index in [0.717, 1.165) is 27.8 Å². The maximum absolute atomic E-state index is 4.64. The molecule has 6 heteroatoms. The predicted molar refractivity (Wildman–Crippen MR) is 76.2 cm³/mol. The molecule has 1 unspecified atom stereocenters. The van der Waals surface area contributed by atoms with E-state index >= 15 is 0 Å². The smallest absolute Gasteiger partial charge is 0.235 e. The van der Waals surface area contributed by atoms with Gasteiger partial charge < -0.3 is 5.32 Å². The van der Waals surface area contributed by atoms with Crippen LogP contribution in [0.2, 0.25) is 0 Å². The topological polar surface area (TPSA) is 55.1 Å². The lowest BCUT2D eigenvalue weighted by atomic mass is 10.2. The van der Waals surface area contributed by atoms with E-state index in [1.165, 1.54) is 0 Å². The number of nitrogens with one attached hydrogen (secondary N) is 1. The molecule has 3 aromatic rings. The highest BCUT2D eigenvalue weighted by Gasteiger charge is 2.17. The summed E-state index contributed by atoms with van der Waals surface area (Å²) >= 11 is 1.59. The molecule has 0 bridgehead atoms. The van der Waals surface area contributed by atoms with Crippen molar-refractivity contribution in [1.29, 1.82) is 0 Å². The molecule has 0 aliphatic rings. The Morgan fingerprint density at radius 1 is 1.26 bits per heavy atom. The van der Waals surface area contributed by atoms with Gasteiger partial charge in [-0.3, -0.25) is 0 Å². The maximum Gasteiger partial charge on any atom is 0.235 e. The summed E-state index contributed by atoms with van der Waals surface area (Å²) in [4.78, 5) is 0.836. The van der Waals surface area contributed by atoms with Gasteiger partial charge in [0.1, 0.15) is 5.01 Å². The zero-order chi connectivity index (χ0) is 13.2. The summed E-state index contributed by atoms with van der Waals surface area (Å²) in [5, 5.41) is 17.4. The number of hydrogen-bond donors (Lipinski definition) is 1. The first-order chi connectivity index (χ1) is 9.33. The minimum absolute atomic E-state index is 0.273. The van der Waals surface area contributed by atoms with Crippen LogP contribution in [0.3, 0.4) is 0 Å². The second kappa shape index (κ2) is 5.07. The summed E-state index contributed by atoms with van der Waals surface area (Å²) in [5.74, 6) is 0.795. The van der Waals surface area contributed by atoms with E-state index in [4.69, 9.17) is 0 Å². The fraction of sp³-hybridized carbons (Fsp3) is 0.308. The second-order valence-electron chi connectivity index (χ2n) is 4.27. The molecule has 1 N–H and O–H groups in total. The zero-order valence-corrected chi connectivity index (χ0v) is 11.7. The van der Waals surface area contributed by atoms with Crippen molar-refractivity contribution in [2.75, 3.05) is 7.05 Å². The molecule has 2 heterocycles. The lowest BCUT2D eigenvalue weighted by Gasteiger charge is -2.08. The van der Waals surface area contributed by atoms with E-state index in [1.54, 1.807) is 11.3 Å². The fourth-order valence-electron chi connectivity index (χ4n) is 2.04. The Labute approximate surface area is 115 Å². The van der Waals surface area contributed by atoms with Crippen LogP contribution < -0.4 is 5.32 Å². The molecule has 0 saturated heterocycles. The molecule has 19 heavy (non-hydrogen) atoms. The van der Waals surface area contributed by atoms with Crippen LogP contribution in [0.5, 0.6) is 0 Å². The lowest BCUT2D eigenvalue weighted by Crippen LogP contribution is -2.15. The van der Waals surface area contributed by atoms with Crippen molar-refractivity contribution in [3.63, 3.8) is 0 Å². The van der Waals surface area contributed by atoms with Crippen molar-refractivity contribution >= 4 is 16.3 Å². The summed E-state index contributed by atoms with van der Waals surface area (Å²) in [7, 11) is 1.95. The van der Waals surface area contributed by atoms with Crippen molar-refractivity contribution in [3.8, 4) is 11.4 Å². The number of benzene rings is 1. The van der Waals surface area contributed by atoms with Gasteiger partial charge in [0.15, 0.2) is 5.82 Å². The monoisotopic (exact) mass is 273 g/mol. The summed E-state index contributed by atoms with van der Waals surface area (Å²) in [6, 6.07) is 10.3. The molecule has 1 atom stereocenters. The minimum atomic E-state index is 0.273. The largest absolute Gasteiger partial charge is 0.311 e. The first-order valence-corrected chi connectivity index (χ1v) is 7.10. The van der Waals surface area contributed by atoms with Crippen molar-refractivity contribution in [1.82, 2.24) is 25.1 Å². The SMILES string of the molecule is CCC(NC)c1nn2c(-c3ccccc3)nnc2s1. The molecule has 3 rings (SSSR count). The minimum Gasteiger partial charge on any atom is -0.311 e. The zero-order valence-electron chi connectivity index (χ0n) is 10.9. The quantitative estimate of drug-likeness (QED) is 0.793. The van der Waals surface area contributed by atoms with Gasteiger partial charge in [0.05, 0.1) is 6.04 Å². The number of nitrogens with zero attached hydrogens (tertiary/aromatic N) is 4. The van der Waals surface area contributed by atoms with Gasteiger partial charge in [-0.25, -0.2) is 0 Å². The average molecular weight is 273 g/mol. The van der Waals surface area contributed by atoms with E-state index in [0.29, 0.717) is 0 Å². The van der Waals surface area contributed by atoms with Gasteiger partial charge in [-0.2, -0.15) is 9.61 Å². The number of fused-ring (bicyclic) bond motifs is 1. The highest BCUT2D eigenvalue weighted by Crippen LogP contribution is 2.25. The predicted octanol–water partition coefficient (Wildman–Crippen LogP) is 2.52. The van der Waals surface area contributed by atoms with Crippen LogP contribution in [0.15, 0.2) is 30.3 Å². The van der Waals surface area contributed by atoms with Crippen LogP contribution in [0.1, 0.15) is 24.4 Å². The van der Waals surface area contributed by atoms with E-state index in [-0.39, 0.29) is 6.04 Å². The first kappa shape index (κ1) is 12.3. The third kappa shape index (κ3) is 2.13. The fourth-order valence-corrected chi connectivity index (χ4v) is 3.07. The third-order valence-electron chi connectivity index (χ3n) is 3.09. The van der Waals surface area contributed by atoms with Crippen molar-refractivity contribution in [2.45, 2.75) is 19.4 Å². The lowest BCUT2D eigenvalue weighted by molar-refractivity contribution is 0.565. The molecular weight excluding hydrogens is 258 g/mol. The van der Waals surface area contributed by atoms with Crippen LogP contribution in [0, 0.1) is 0 Å². The van der Waals surface area contributed by atoms with Crippen molar-refractivity contribution in [3.05, 3.63) is 35.3 Å². The van der Waals surface area contributed by atoms with E-state index < -0.39 is 0 Å². The Balaban J connectivity index is 2.08. The first-order valence-electron chi connectivity index (χ1n) is 6.28. The molecular formula is C13H15N5S. The van der Waals surface area contributed by atoms with Gasteiger partial charge in [-0.15, -0.1) is 10.2 Å². The van der Waals surface area contributed by atoms with Crippen LogP contribution in [0.25, 0.3) is 16.3 Å². The van der Waals surface area contributed by atoms with Crippen LogP contribution in [-0.4, -0.2) is 26.9 Å². The molecule has 2 aromatic heterocycles. The molecule has 0 saturated carbocycles. The Hall–Kier alpha value is -1.79. The van der Waals surface area contributed by atoms with E-state index in [1.807, 2.05) is 41.9 Å². The molecule has 98 valence electrons. The Kier molecular flexibility index (Phi) is 3.27. The standard InChI is InChI=1S/C13H15N5S/c1-3-10(14-2)12-17-18-11(15-16-13(18)19-12)9-7-5-4-6-8-9/h4-8,10,14H,3H2,1-2H3. The molecule has 5 nitrogen and oxygen atoms in total. The second-order valence-corrected chi connectivity index (χ2v) is 5.26. The molecule has 0 aliphatic carbocycles. The average Bonchev–Trinajstić information content (AvgIpc) is 3.01. The molecule has 0 spiro atoms. The summed E-state index contributed by atoms with van der Waals surface area (Å²) < 4.78 is 1.83. The Morgan fingerprint density at radius 2 is 2.05 bits per heavy atom. The van der Waals surface area contributed by atoms with Gasteiger partial charge in [-0.05, 0) is 13.5 Å². The highest BCUT2D eigenvalue weighted by molar-refractivity contribution is 7.16. The molecule has 0 amide bonds. The van der Waals surface area contributed by atoms with Gasteiger partial charge in [0, 0.05) is 5.56 Å². The number of hydrogen-bond acceptors (Lipinski definition) is 5. The summed E-state index contributed by atoms with van der Waals surface area (Å²) in [6.45, 7) is 2.14. The molecule has 1 aromatic carbocycles. The third-order valence-corrected chi connectivity index (χ3v) is 4.11. The normalized spacial score (nSPS) is 12.9.